The van der Waals surface area contributed by atoms with E-state index in [-0.39, 0.29) is 17.8 Å². The van der Waals surface area contributed by atoms with Crippen LogP contribution in [-0.2, 0) is 7.05 Å². The molecule has 0 aliphatic carbocycles. The summed E-state index contributed by atoms with van der Waals surface area (Å²) in [4.78, 5) is 12.2. The van der Waals surface area contributed by atoms with Gasteiger partial charge >= 0.3 is 0 Å². The maximum absolute atomic E-state index is 12.9. The largest absolute Gasteiger partial charge is 0.345 e. The molecule has 0 saturated carbocycles. The number of nitrogens with zero attached hydrogens (tertiary/aromatic N) is 2. The van der Waals surface area contributed by atoms with Gasteiger partial charge in [-0.25, -0.2) is 4.39 Å². The first kappa shape index (κ1) is 14.5. The first-order valence-electron chi connectivity index (χ1n) is 6.15. The lowest BCUT2D eigenvalue weighted by atomic mass is 10.1. The van der Waals surface area contributed by atoms with Crippen molar-refractivity contribution < 1.29 is 9.18 Å². The van der Waals surface area contributed by atoms with Gasteiger partial charge in [0.1, 0.15) is 11.0 Å². The third-order valence-electron chi connectivity index (χ3n) is 3.10. The molecule has 1 N–H and O–H groups in total. The fraction of sp³-hybridized carbons (Fsp3) is 0.286. The van der Waals surface area contributed by atoms with Crippen LogP contribution < -0.4 is 5.32 Å². The third-order valence-corrected chi connectivity index (χ3v) is 3.53. The summed E-state index contributed by atoms with van der Waals surface area (Å²) in [6, 6.07) is 5.75. The second kappa shape index (κ2) is 5.63. The van der Waals surface area contributed by atoms with Crippen molar-refractivity contribution in [1.29, 1.82) is 0 Å². The predicted molar refractivity (Wildman–Crippen MR) is 75.2 cm³/mol. The van der Waals surface area contributed by atoms with E-state index in [1.165, 1.54) is 16.8 Å². The van der Waals surface area contributed by atoms with E-state index in [9.17, 15) is 9.18 Å². The highest BCUT2D eigenvalue weighted by Gasteiger charge is 2.20. The molecule has 6 heteroatoms. The van der Waals surface area contributed by atoms with Crippen LogP contribution >= 0.6 is 11.6 Å². The van der Waals surface area contributed by atoms with Crippen molar-refractivity contribution in [2.24, 2.45) is 7.05 Å². The lowest BCUT2D eigenvalue weighted by Gasteiger charge is -2.14. The van der Waals surface area contributed by atoms with Crippen LogP contribution in [0.1, 0.15) is 34.6 Å². The Bertz CT molecular complexity index is 637. The molecule has 1 heterocycles. The standard InChI is InChI=1S/C14H15ClFN3O/c1-8(10-4-6-11(16)7-5-10)17-14(20)12-9(2)18-19(3)13(12)15/h4-8H,1-3H3,(H,17,20). The molecule has 0 radical (unpaired) electrons. The SMILES string of the molecule is Cc1nn(C)c(Cl)c1C(=O)NC(C)c1ccc(F)cc1. The zero-order valence-electron chi connectivity index (χ0n) is 11.4. The summed E-state index contributed by atoms with van der Waals surface area (Å²) in [5.41, 5.74) is 1.75. The van der Waals surface area contributed by atoms with E-state index in [4.69, 9.17) is 11.6 Å². The summed E-state index contributed by atoms with van der Waals surface area (Å²) in [6.07, 6.45) is 0. The van der Waals surface area contributed by atoms with Crippen LogP contribution in [0.4, 0.5) is 4.39 Å². The van der Waals surface area contributed by atoms with Gasteiger partial charge in [0.05, 0.1) is 17.3 Å². The molecule has 2 aromatic rings. The molecule has 1 aromatic carbocycles. The lowest BCUT2D eigenvalue weighted by Crippen LogP contribution is -2.27. The molecule has 0 spiro atoms. The number of nitrogens with one attached hydrogen (secondary N) is 1. The van der Waals surface area contributed by atoms with Crippen LogP contribution in [0.25, 0.3) is 0 Å². The van der Waals surface area contributed by atoms with Crippen molar-refractivity contribution >= 4 is 17.5 Å². The normalized spacial score (nSPS) is 12.2. The quantitative estimate of drug-likeness (QED) is 0.946. The van der Waals surface area contributed by atoms with E-state index in [2.05, 4.69) is 10.4 Å². The Kier molecular flexibility index (Phi) is 4.09. The molecule has 106 valence electrons. The summed E-state index contributed by atoms with van der Waals surface area (Å²) >= 11 is 6.05. The minimum absolute atomic E-state index is 0.251. The number of rotatable bonds is 3. The Morgan fingerprint density at radius 1 is 1.40 bits per heavy atom. The van der Waals surface area contributed by atoms with Crippen LogP contribution in [-0.4, -0.2) is 15.7 Å². The molecule has 0 saturated heterocycles. The Balaban J connectivity index is 2.17. The molecule has 0 fully saturated rings. The summed E-state index contributed by atoms with van der Waals surface area (Å²) in [6.45, 7) is 3.55. The number of amides is 1. The molecular formula is C14H15ClFN3O. The fourth-order valence-electron chi connectivity index (χ4n) is 1.99. The second-order valence-corrected chi connectivity index (χ2v) is 4.98. The van der Waals surface area contributed by atoms with Gasteiger partial charge in [-0.3, -0.25) is 9.48 Å². The Hall–Kier alpha value is -1.88. The smallest absolute Gasteiger partial charge is 0.256 e. The molecule has 1 atom stereocenters. The van der Waals surface area contributed by atoms with E-state index in [1.54, 1.807) is 26.1 Å². The molecule has 1 aromatic heterocycles. The molecule has 0 aliphatic heterocycles. The van der Waals surface area contributed by atoms with E-state index >= 15 is 0 Å². The highest BCUT2D eigenvalue weighted by Crippen LogP contribution is 2.20. The molecule has 1 amide bonds. The molecule has 1 unspecified atom stereocenters. The second-order valence-electron chi connectivity index (χ2n) is 4.62. The van der Waals surface area contributed by atoms with Gasteiger partial charge in [0.15, 0.2) is 0 Å². The van der Waals surface area contributed by atoms with E-state index in [1.807, 2.05) is 6.92 Å². The first-order chi connectivity index (χ1) is 9.40. The van der Waals surface area contributed by atoms with Gasteiger partial charge < -0.3 is 5.32 Å². The van der Waals surface area contributed by atoms with E-state index in [0.29, 0.717) is 16.4 Å². The molecule has 0 bridgehead atoms. The van der Waals surface area contributed by atoms with Crippen molar-refractivity contribution in [1.82, 2.24) is 15.1 Å². The summed E-state index contributed by atoms with van der Waals surface area (Å²) in [5.74, 6) is -0.601. The minimum atomic E-state index is -0.307. The van der Waals surface area contributed by atoms with Gasteiger partial charge in [-0.2, -0.15) is 5.10 Å². The van der Waals surface area contributed by atoms with E-state index in [0.717, 1.165) is 5.56 Å². The van der Waals surface area contributed by atoms with Gasteiger partial charge in [0, 0.05) is 7.05 Å². The lowest BCUT2D eigenvalue weighted by molar-refractivity contribution is 0.0939. The zero-order chi connectivity index (χ0) is 14.9. The highest BCUT2D eigenvalue weighted by molar-refractivity contribution is 6.33. The average molecular weight is 296 g/mol. The number of aryl methyl sites for hydroxylation is 2. The van der Waals surface area contributed by atoms with Crippen LogP contribution in [0.15, 0.2) is 24.3 Å². The summed E-state index contributed by atoms with van der Waals surface area (Å²) in [5, 5.41) is 7.22. The van der Waals surface area contributed by atoms with Crippen molar-refractivity contribution in [2.75, 3.05) is 0 Å². The average Bonchev–Trinajstić information content (AvgIpc) is 2.63. The van der Waals surface area contributed by atoms with Gasteiger partial charge in [-0.05, 0) is 31.5 Å². The van der Waals surface area contributed by atoms with Gasteiger partial charge in [-0.15, -0.1) is 0 Å². The summed E-state index contributed by atoms with van der Waals surface area (Å²) < 4.78 is 14.3. The number of halogens is 2. The van der Waals surface area contributed by atoms with Crippen LogP contribution in [0.5, 0.6) is 0 Å². The van der Waals surface area contributed by atoms with Gasteiger partial charge in [0.2, 0.25) is 0 Å². The number of hydrogen-bond acceptors (Lipinski definition) is 2. The molecule has 4 nitrogen and oxygen atoms in total. The van der Waals surface area contributed by atoms with Crippen molar-refractivity contribution in [3.8, 4) is 0 Å². The fourth-order valence-corrected chi connectivity index (χ4v) is 2.25. The third kappa shape index (κ3) is 2.82. The zero-order valence-corrected chi connectivity index (χ0v) is 12.2. The minimum Gasteiger partial charge on any atom is -0.345 e. The number of aromatic nitrogens is 2. The Labute approximate surface area is 121 Å². The number of benzene rings is 1. The van der Waals surface area contributed by atoms with E-state index < -0.39 is 0 Å². The van der Waals surface area contributed by atoms with Crippen molar-refractivity contribution in [3.05, 3.63) is 52.1 Å². The predicted octanol–water partition coefficient (Wildman–Crippen LogP) is 3.01. The topological polar surface area (TPSA) is 46.9 Å². The monoisotopic (exact) mass is 295 g/mol. The van der Waals surface area contributed by atoms with Crippen LogP contribution in [0.2, 0.25) is 5.15 Å². The van der Waals surface area contributed by atoms with Crippen molar-refractivity contribution in [2.45, 2.75) is 19.9 Å². The first-order valence-corrected chi connectivity index (χ1v) is 6.53. The number of carbonyl (C=O) groups excluding carboxylic acids is 1. The Morgan fingerprint density at radius 2 is 2.00 bits per heavy atom. The number of hydrogen-bond donors (Lipinski definition) is 1. The highest BCUT2D eigenvalue weighted by atomic mass is 35.5. The molecule has 2 rings (SSSR count). The summed E-state index contributed by atoms with van der Waals surface area (Å²) in [7, 11) is 1.68. The van der Waals surface area contributed by atoms with Crippen LogP contribution in [0.3, 0.4) is 0 Å². The Morgan fingerprint density at radius 3 is 2.50 bits per heavy atom. The van der Waals surface area contributed by atoms with Gasteiger partial charge in [-0.1, -0.05) is 23.7 Å². The molecule has 20 heavy (non-hydrogen) atoms. The maximum Gasteiger partial charge on any atom is 0.256 e. The van der Waals surface area contributed by atoms with Crippen molar-refractivity contribution in [3.63, 3.8) is 0 Å². The van der Waals surface area contributed by atoms with Crippen LogP contribution in [0, 0.1) is 12.7 Å². The van der Waals surface area contributed by atoms with Gasteiger partial charge in [0.25, 0.3) is 5.91 Å². The molecular weight excluding hydrogens is 281 g/mol. The molecule has 0 aliphatic rings. The number of carbonyl (C=O) groups is 1. The maximum atomic E-state index is 12.9.